The highest BCUT2D eigenvalue weighted by atomic mass is 16.4. The summed E-state index contributed by atoms with van der Waals surface area (Å²) in [5.74, 6) is 0. The van der Waals surface area contributed by atoms with Crippen molar-refractivity contribution in [3.05, 3.63) is 35.4 Å². The molecule has 1 aromatic carbocycles. The third-order valence-electron chi connectivity index (χ3n) is 4.02. The van der Waals surface area contributed by atoms with Crippen LogP contribution in [0.1, 0.15) is 30.4 Å². The van der Waals surface area contributed by atoms with Gasteiger partial charge in [0.15, 0.2) is 0 Å². The van der Waals surface area contributed by atoms with E-state index in [1.807, 2.05) is 0 Å². The van der Waals surface area contributed by atoms with Gasteiger partial charge in [0.25, 0.3) is 0 Å². The zero-order valence-electron chi connectivity index (χ0n) is 9.97. The van der Waals surface area contributed by atoms with E-state index in [4.69, 9.17) is 5.21 Å². The normalized spacial score (nSPS) is 27.3. The van der Waals surface area contributed by atoms with Gasteiger partial charge >= 0.3 is 0 Å². The summed E-state index contributed by atoms with van der Waals surface area (Å²) in [6.45, 7) is 2.08. The van der Waals surface area contributed by atoms with E-state index in [1.165, 1.54) is 11.1 Å². The SMILES string of the molecule is O/N=C1/CCCC1N1CCc2ccccc2C1. The van der Waals surface area contributed by atoms with Crippen LogP contribution in [0.3, 0.4) is 0 Å². The predicted molar refractivity (Wildman–Crippen MR) is 67.4 cm³/mol. The zero-order chi connectivity index (χ0) is 11.7. The smallest absolute Gasteiger partial charge is 0.0742 e. The summed E-state index contributed by atoms with van der Waals surface area (Å²) in [7, 11) is 0. The van der Waals surface area contributed by atoms with Crippen LogP contribution < -0.4 is 0 Å². The molecule has 0 radical (unpaired) electrons. The van der Waals surface area contributed by atoms with Gasteiger partial charge in [-0.3, -0.25) is 4.90 Å². The molecule has 3 rings (SSSR count). The highest BCUT2D eigenvalue weighted by Crippen LogP contribution is 2.27. The van der Waals surface area contributed by atoms with Crippen LogP contribution >= 0.6 is 0 Å². The quantitative estimate of drug-likeness (QED) is 0.594. The molecule has 1 saturated carbocycles. The molecular formula is C14H18N2O. The van der Waals surface area contributed by atoms with Crippen LogP contribution in [0.4, 0.5) is 0 Å². The van der Waals surface area contributed by atoms with Gasteiger partial charge in [0.1, 0.15) is 0 Å². The van der Waals surface area contributed by atoms with Gasteiger partial charge in [-0.25, -0.2) is 0 Å². The Kier molecular flexibility index (Phi) is 2.85. The van der Waals surface area contributed by atoms with Crippen molar-refractivity contribution in [3.8, 4) is 0 Å². The number of hydrogen-bond acceptors (Lipinski definition) is 3. The van der Waals surface area contributed by atoms with Crippen LogP contribution in [-0.2, 0) is 13.0 Å². The molecule has 0 aromatic heterocycles. The molecule has 0 saturated heterocycles. The Balaban J connectivity index is 1.80. The Labute approximate surface area is 102 Å². The van der Waals surface area contributed by atoms with E-state index in [1.54, 1.807) is 0 Å². The molecule has 3 nitrogen and oxygen atoms in total. The molecule has 1 aromatic rings. The van der Waals surface area contributed by atoms with Crippen LogP contribution in [0.25, 0.3) is 0 Å². The highest BCUT2D eigenvalue weighted by Gasteiger charge is 2.30. The lowest BCUT2D eigenvalue weighted by Gasteiger charge is -2.33. The van der Waals surface area contributed by atoms with Crippen molar-refractivity contribution >= 4 is 5.71 Å². The summed E-state index contributed by atoms with van der Waals surface area (Å²) >= 11 is 0. The standard InChI is InChI=1S/C14H18N2O/c17-15-13-6-3-7-14(13)16-9-8-11-4-1-2-5-12(11)10-16/h1-2,4-5,14,17H,3,6-10H2/b15-13-. The highest BCUT2D eigenvalue weighted by molar-refractivity contribution is 5.90. The van der Waals surface area contributed by atoms with E-state index in [2.05, 4.69) is 34.3 Å². The van der Waals surface area contributed by atoms with Gasteiger partial charge in [-0.1, -0.05) is 29.4 Å². The molecule has 1 unspecified atom stereocenters. The third kappa shape index (κ3) is 1.95. The molecule has 1 N–H and O–H groups in total. The minimum atomic E-state index is 0.369. The maximum absolute atomic E-state index is 9.02. The van der Waals surface area contributed by atoms with Gasteiger partial charge in [-0.05, 0) is 36.8 Å². The third-order valence-corrected chi connectivity index (χ3v) is 4.02. The number of benzene rings is 1. The van der Waals surface area contributed by atoms with E-state index in [-0.39, 0.29) is 0 Å². The second-order valence-corrected chi connectivity index (χ2v) is 4.99. The summed E-state index contributed by atoms with van der Waals surface area (Å²) in [4.78, 5) is 2.46. The Morgan fingerprint density at radius 2 is 2.00 bits per heavy atom. The maximum Gasteiger partial charge on any atom is 0.0742 e. The van der Waals surface area contributed by atoms with Crippen LogP contribution in [0, 0.1) is 0 Å². The second-order valence-electron chi connectivity index (χ2n) is 4.99. The van der Waals surface area contributed by atoms with Gasteiger partial charge in [0.05, 0.1) is 11.8 Å². The lowest BCUT2D eigenvalue weighted by atomic mass is 9.98. The summed E-state index contributed by atoms with van der Waals surface area (Å²) in [6.07, 6.45) is 4.37. The van der Waals surface area contributed by atoms with Crippen molar-refractivity contribution in [2.75, 3.05) is 6.54 Å². The molecule has 1 aliphatic heterocycles. The molecule has 90 valence electrons. The molecule has 17 heavy (non-hydrogen) atoms. The Morgan fingerprint density at radius 1 is 1.18 bits per heavy atom. The Morgan fingerprint density at radius 3 is 2.82 bits per heavy atom. The number of rotatable bonds is 1. The molecule has 0 amide bonds. The summed E-state index contributed by atoms with van der Waals surface area (Å²) in [5.41, 5.74) is 3.89. The van der Waals surface area contributed by atoms with Gasteiger partial charge in [-0.2, -0.15) is 0 Å². The number of nitrogens with zero attached hydrogens (tertiary/aromatic N) is 2. The zero-order valence-corrected chi connectivity index (χ0v) is 9.97. The molecule has 1 aliphatic carbocycles. The fourth-order valence-corrected chi connectivity index (χ4v) is 3.10. The van der Waals surface area contributed by atoms with E-state index in [0.717, 1.165) is 44.5 Å². The average molecular weight is 230 g/mol. The van der Waals surface area contributed by atoms with Crippen molar-refractivity contribution in [3.63, 3.8) is 0 Å². The van der Waals surface area contributed by atoms with Crippen LogP contribution in [0.2, 0.25) is 0 Å². The van der Waals surface area contributed by atoms with E-state index >= 15 is 0 Å². The van der Waals surface area contributed by atoms with Crippen molar-refractivity contribution in [2.24, 2.45) is 5.16 Å². The fourth-order valence-electron chi connectivity index (χ4n) is 3.10. The lowest BCUT2D eigenvalue weighted by molar-refractivity contribution is 0.216. The largest absolute Gasteiger partial charge is 0.411 e. The minimum Gasteiger partial charge on any atom is -0.411 e. The van der Waals surface area contributed by atoms with Crippen molar-refractivity contribution in [1.82, 2.24) is 4.90 Å². The number of oxime groups is 1. The molecule has 3 heteroatoms. The van der Waals surface area contributed by atoms with E-state index in [0.29, 0.717) is 6.04 Å². The lowest BCUT2D eigenvalue weighted by Crippen LogP contribution is -2.41. The van der Waals surface area contributed by atoms with Crippen molar-refractivity contribution in [2.45, 2.75) is 38.3 Å². The summed E-state index contributed by atoms with van der Waals surface area (Å²) in [5, 5.41) is 12.5. The molecule has 0 spiro atoms. The minimum absolute atomic E-state index is 0.369. The molecule has 2 aliphatic rings. The average Bonchev–Trinajstić information content (AvgIpc) is 2.86. The molecular weight excluding hydrogens is 212 g/mol. The van der Waals surface area contributed by atoms with Crippen LogP contribution in [-0.4, -0.2) is 28.4 Å². The summed E-state index contributed by atoms with van der Waals surface area (Å²) < 4.78 is 0. The van der Waals surface area contributed by atoms with Crippen LogP contribution in [0.15, 0.2) is 29.4 Å². The first kappa shape index (κ1) is 10.8. The molecule has 1 fully saturated rings. The predicted octanol–water partition coefficient (Wildman–Crippen LogP) is 2.43. The van der Waals surface area contributed by atoms with Gasteiger partial charge < -0.3 is 5.21 Å². The van der Waals surface area contributed by atoms with E-state index < -0.39 is 0 Å². The van der Waals surface area contributed by atoms with Crippen LogP contribution in [0.5, 0.6) is 0 Å². The first-order valence-electron chi connectivity index (χ1n) is 6.40. The van der Waals surface area contributed by atoms with Gasteiger partial charge in [0, 0.05) is 13.1 Å². The number of hydrogen-bond donors (Lipinski definition) is 1. The maximum atomic E-state index is 9.02. The fraction of sp³-hybridized carbons (Fsp3) is 0.500. The second kappa shape index (κ2) is 4.49. The summed E-state index contributed by atoms with van der Waals surface area (Å²) in [6, 6.07) is 9.03. The number of fused-ring (bicyclic) bond motifs is 1. The Hall–Kier alpha value is -1.35. The van der Waals surface area contributed by atoms with Gasteiger partial charge in [-0.15, -0.1) is 0 Å². The first-order chi connectivity index (χ1) is 8.38. The molecule has 1 heterocycles. The van der Waals surface area contributed by atoms with Crippen molar-refractivity contribution in [1.29, 1.82) is 0 Å². The topological polar surface area (TPSA) is 35.8 Å². The first-order valence-corrected chi connectivity index (χ1v) is 6.40. The van der Waals surface area contributed by atoms with Crippen molar-refractivity contribution < 1.29 is 5.21 Å². The monoisotopic (exact) mass is 230 g/mol. The van der Waals surface area contributed by atoms with E-state index in [9.17, 15) is 0 Å². The molecule has 1 atom stereocenters. The Bertz CT molecular complexity index is 442. The molecule has 0 bridgehead atoms. The van der Waals surface area contributed by atoms with Gasteiger partial charge in [0.2, 0.25) is 0 Å².